The number of carboxylic acids is 1. The van der Waals surface area contributed by atoms with E-state index in [-0.39, 0.29) is 0 Å². The van der Waals surface area contributed by atoms with E-state index in [1.54, 1.807) is 12.3 Å². The van der Waals surface area contributed by atoms with E-state index in [9.17, 15) is 4.79 Å². The number of rotatable bonds is 1. The van der Waals surface area contributed by atoms with Crippen LogP contribution in [0, 0.1) is 6.92 Å². The van der Waals surface area contributed by atoms with Crippen molar-refractivity contribution >= 4 is 22.1 Å². The molecule has 0 radical (unpaired) electrons. The first-order valence-corrected chi connectivity index (χ1v) is 4.30. The second-order valence-corrected chi connectivity index (χ2v) is 3.82. The summed E-state index contributed by atoms with van der Waals surface area (Å²) >= 11 is 1.50. The molecule has 2 rings (SSSR count). The molecule has 0 saturated heterocycles. The quantitative estimate of drug-likeness (QED) is 0.731. The predicted octanol–water partition coefficient (Wildman–Crippen LogP) is 2.01. The molecule has 4 heteroatoms. The highest BCUT2D eigenvalue weighted by Gasteiger charge is 2.10. The van der Waals surface area contributed by atoms with E-state index in [0.29, 0.717) is 5.56 Å². The van der Waals surface area contributed by atoms with E-state index >= 15 is 0 Å². The Balaban J connectivity index is 2.76. The van der Waals surface area contributed by atoms with Crippen molar-refractivity contribution in [1.82, 2.24) is 4.40 Å². The lowest BCUT2D eigenvalue weighted by molar-refractivity contribution is 0.0699. The summed E-state index contributed by atoms with van der Waals surface area (Å²) in [6.45, 7) is 1.96. The van der Waals surface area contributed by atoms with Crippen LogP contribution in [0.4, 0.5) is 0 Å². The van der Waals surface area contributed by atoms with Crippen molar-refractivity contribution < 1.29 is 9.90 Å². The van der Waals surface area contributed by atoms with Gasteiger partial charge in [0, 0.05) is 17.3 Å². The number of hydrogen-bond donors (Lipinski definition) is 1. The van der Waals surface area contributed by atoms with Gasteiger partial charge in [-0.05, 0) is 13.0 Å². The molecule has 0 amide bonds. The first-order valence-electron chi connectivity index (χ1n) is 3.49. The largest absolute Gasteiger partial charge is 0.478 e. The molecule has 3 nitrogen and oxygen atoms in total. The molecule has 12 heavy (non-hydrogen) atoms. The number of nitrogens with zero attached hydrogens (tertiary/aromatic N) is 1. The maximum absolute atomic E-state index is 10.7. The third-order valence-electron chi connectivity index (χ3n) is 1.68. The Morgan fingerprint density at radius 3 is 3.08 bits per heavy atom. The molecular weight excluding hydrogens is 174 g/mol. The Labute approximate surface area is 72.9 Å². The van der Waals surface area contributed by atoms with Gasteiger partial charge in [0.15, 0.2) is 0 Å². The number of hydrogen-bond acceptors (Lipinski definition) is 2. The van der Waals surface area contributed by atoms with E-state index in [1.807, 2.05) is 17.5 Å². The minimum absolute atomic E-state index is 0.383. The van der Waals surface area contributed by atoms with Gasteiger partial charge in [-0.25, -0.2) is 4.79 Å². The summed E-state index contributed by atoms with van der Waals surface area (Å²) in [4.78, 5) is 12.6. The molecule has 0 aromatic carbocycles. The number of thiazole rings is 1. The summed E-state index contributed by atoms with van der Waals surface area (Å²) in [5.41, 5.74) is 0.383. The zero-order valence-corrected chi connectivity index (χ0v) is 7.26. The van der Waals surface area contributed by atoms with Crippen LogP contribution in [-0.2, 0) is 0 Å². The Morgan fingerprint density at radius 2 is 2.42 bits per heavy atom. The lowest BCUT2D eigenvalue weighted by Crippen LogP contribution is -1.92. The van der Waals surface area contributed by atoms with Crippen LogP contribution >= 0.6 is 11.3 Å². The highest BCUT2D eigenvalue weighted by atomic mass is 32.1. The summed E-state index contributed by atoms with van der Waals surface area (Å²) in [6.07, 6.45) is 3.69. The average molecular weight is 181 g/mol. The van der Waals surface area contributed by atoms with Crippen molar-refractivity contribution in [3.63, 3.8) is 0 Å². The zero-order chi connectivity index (χ0) is 8.72. The standard InChI is InChI=1S/C8H7NO2S/c1-5-4-9-3-2-6(8(10)11)7(9)12-5/h2-4H,1H3,(H,10,11). The molecule has 0 fully saturated rings. The van der Waals surface area contributed by atoms with Crippen LogP contribution in [0.25, 0.3) is 4.83 Å². The molecule has 1 N–H and O–H groups in total. The predicted molar refractivity (Wildman–Crippen MR) is 47.0 cm³/mol. The van der Waals surface area contributed by atoms with Crippen LogP contribution in [0.3, 0.4) is 0 Å². The maximum atomic E-state index is 10.7. The maximum Gasteiger partial charge on any atom is 0.338 e. The minimum Gasteiger partial charge on any atom is -0.478 e. The van der Waals surface area contributed by atoms with E-state index in [4.69, 9.17) is 5.11 Å². The van der Waals surface area contributed by atoms with Crippen molar-refractivity contribution in [2.75, 3.05) is 0 Å². The number of aromatic carboxylic acids is 1. The lowest BCUT2D eigenvalue weighted by Gasteiger charge is -1.84. The molecule has 2 aromatic rings. The molecule has 0 aliphatic carbocycles. The number of aromatic nitrogens is 1. The number of carboxylic acid groups (broad SMARTS) is 1. The number of carbonyl (C=O) groups is 1. The van der Waals surface area contributed by atoms with E-state index in [2.05, 4.69) is 0 Å². The monoisotopic (exact) mass is 181 g/mol. The molecule has 0 spiro atoms. The summed E-state index contributed by atoms with van der Waals surface area (Å²) in [7, 11) is 0. The van der Waals surface area contributed by atoms with Gasteiger partial charge < -0.3 is 9.51 Å². The van der Waals surface area contributed by atoms with Crippen LogP contribution in [-0.4, -0.2) is 15.5 Å². The summed E-state index contributed by atoms with van der Waals surface area (Å²) in [6, 6.07) is 1.62. The van der Waals surface area contributed by atoms with E-state index in [0.717, 1.165) is 9.71 Å². The Hall–Kier alpha value is -1.29. The zero-order valence-electron chi connectivity index (χ0n) is 6.44. The van der Waals surface area contributed by atoms with Gasteiger partial charge in [-0.3, -0.25) is 0 Å². The molecular formula is C8H7NO2S. The van der Waals surface area contributed by atoms with Crippen LogP contribution < -0.4 is 0 Å². The van der Waals surface area contributed by atoms with Crippen LogP contribution in [0.1, 0.15) is 15.2 Å². The van der Waals surface area contributed by atoms with E-state index < -0.39 is 5.97 Å². The number of aryl methyl sites for hydroxylation is 1. The van der Waals surface area contributed by atoms with Gasteiger partial charge in [0.05, 0.1) is 5.56 Å². The van der Waals surface area contributed by atoms with Crippen molar-refractivity contribution in [2.24, 2.45) is 0 Å². The third-order valence-corrected chi connectivity index (χ3v) is 2.73. The van der Waals surface area contributed by atoms with Gasteiger partial charge in [-0.2, -0.15) is 0 Å². The second kappa shape index (κ2) is 2.35. The summed E-state index contributed by atoms with van der Waals surface area (Å²) in [5, 5.41) is 8.77. The number of fused-ring (bicyclic) bond motifs is 1. The SMILES string of the molecule is Cc1cn2ccc(C(=O)O)c2s1. The second-order valence-electron chi connectivity index (χ2n) is 2.59. The van der Waals surface area contributed by atoms with Crippen LogP contribution in [0.2, 0.25) is 0 Å². The average Bonchev–Trinajstić information content (AvgIpc) is 2.43. The fourth-order valence-corrected chi connectivity index (χ4v) is 2.14. The first kappa shape index (κ1) is 7.36. The third kappa shape index (κ3) is 0.921. The highest BCUT2D eigenvalue weighted by molar-refractivity contribution is 7.17. The lowest BCUT2D eigenvalue weighted by atomic mass is 10.3. The smallest absolute Gasteiger partial charge is 0.338 e. The fourth-order valence-electron chi connectivity index (χ4n) is 1.18. The molecule has 0 atom stereocenters. The van der Waals surface area contributed by atoms with Gasteiger partial charge in [-0.1, -0.05) is 0 Å². The van der Waals surface area contributed by atoms with E-state index in [1.165, 1.54) is 11.3 Å². The van der Waals surface area contributed by atoms with Gasteiger partial charge >= 0.3 is 5.97 Å². The minimum atomic E-state index is -0.862. The Bertz CT molecular complexity index is 441. The fraction of sp³-hybridized carbons (Fsp3) is 0.125. The van der Waals surface area contributed by atoms with Gasteiger partial charge in [0.25, 0.3) is 0 Å². The first-order chi connectivity index (χ1) is 5.68. The van der Waals surface area contributed by atoms with Gasteiger partial charge in [-0.15, -0.1) is 11.3 Å². The topological polar surface area (TPSA) is 41.7 Å². The van der Waals surface area contributed by atoms with Crippen molar-refractivity contribution in [3.8, 4) is 0 Å². The molecule has 0 saturated carbocycles. The van der Waals surface area contributed by atoms with Crippen molar-refractivity contribution in [1.29, 1.82) is 0 Å². The molecule has 0 aliphatic heterocycles. The van der Waals surface area contributed by atoms with Crippen LogP contribution in [0.15, 0.2) is 18.5 Å². The Kier molecular flexibility index (Phi) is 1.44. The Morgan fingerprint density at radius 1 is 1.67 bits per heavy atom. The van der Waals surface area contributed by atoms with Crippen molar-refractivity contribution in [3.05, 3.63) is 28.9 Å². The molecule has 2 aromatic heterocycles. The highest BCUT2D eigenvalue weighted by Crippen LogP contribution is 2.22. The molecule has 0 aliphatic rings. The molecule has 2 heterocycles. The van der Waals surface area contributed by atoms with Crippen molar-refractivity contribution in [2.45, 2.75) is 6.92 Å². The molecule has 0 unspecified atom stereocenters. The van der Waals surface area contributed by atoms with Gasteiger partial charge in [0.1, 0.15) is 4.83 Å². The molecule has 62 valence electrons. The molecule has 0 bridgehead atoms. The normalized spacial score (nSPS) is 10.8. The summed E-state index contributed by atoms with van der Waals surface area (Å²) in [5.74, 6) is -0.862. The van der Waals surface area contributed by atoms with Crippen LogP contribution in [0.5, 0.6) is 0 Å². The summed E-state index contributed by atoms with van der Waals surface area (Å²) < 4.78 is 1.84. The van der Waals surface area contributed by atoms with Gasteiger partial charge in [0.2, 0.25) is 0 Å².